The zero-order valence-electron chi connectivity index (χ0n) is 17.2. The number of amides is 2. The number of ether oxygens (including phenoxy) is 1. The molecule has 0 atom stereocenters. The van der Waals surface area contributed by atoms with Crippen LogP contribution in [0.3, 0.4) is 0 Å². The number of alkyl carbamates (subject to hydrolysis) is 1. The van der Waals surface area contributed by atoms with Crippen molar-refractivity contribution in [2.24, 2.45) is 5.92 Å². The van der Waals surface area contributed by atoms with Crippen LogP contribution < -0.4 is 5.32 Å². The number of hydrogen-bond donors (Lipinski definition) is 1. The SMILES string of the molecule is CC(C)CC(=O)N(CCCCNC(=O)OC(C)(C)C)Cc1ccc(F)cc1. The summed E-state index contributed by atoms with van der Waals surface area (Å²) in [6.45, 7) is 11.0. The van der Waals surface area contributed by atoms with E-state index in [1.807, 2.05) is 34.6 Å². The molecule has 1 N–H and O–H groups in total. The van der Waals surface area contributed by atoms with Crippen LogP contribution in [0.4, 0.5) is 9.18 Å². The lowest BCUT2D eigenvalue weighted by molar-refractivity contribution is -0.132. The van der Waals surface area contributed by atoms with Crippen LogP contribution in [0.5, 0.6) is 0 Å². The summed E-state index contributed by atoms with van der Waals surface area (Å²) in [6.07, 6.45) is 1.56. The molecule has 0 spiro atoms. The highest BCUT2D eigenvalue weighted by Gasteiger charge is 2.17. The molecule has 27 heavy (non-hydrogen) atoms. The van der Waals surface area contributed by atoms with Crippen molar-refractivity contribution in [3.8, 4) is 0 Å². The second kappa shape index (κ2) is 10.9. The second-order valence-electron chi connectivity index (χ2n) is 8.18. The van der Waals surface area contributed by atoms with E-state index in [0.29, 0.717) is 26.1 Å². The number of hydrogen-bond acceptors (Lipinski definition) is 3. The van der Waals surface area contributed by atoms with Crippen molar-refractivity contribution in [1.82, 2.24) is 10.2 Å². The largest absolute Gasteiger partial charge is 0.444 e. The van der Waals surface area contributed by atoms with E-state index in [2.05, 4.69) is 5.32 Å². The van der Waals surface area contributed by atoms with E-state index in [4.69, 9.17) is 4.74 Å². The molecule has 1 aromatic carbocycles. The maximum absolute atomic E-state index is 13.1. The predicted molar refractivity (Wildman–Crippen MR) is 105 cm³/mol. The number of unbranched alkanes of at least 4 members (excludes halogenated alkanes) is 1. The Morgan fingerprint density at radius 2 is 1.78 bits per heavy atom. The summed E-state index contributed by atoms with van der Waals surface area (Å²) < 4.78 is 18.3. The van der Waals surface area contributed by atoms with E-state index in [0.717, 1.165) is 18.4 Å². The van der Waals surface area contributed by atoms with Gasteiger partial charge < -0.3 is 15.0 Å². The quantitative estimate of drug-likeness (QED) is 0.642. The monoisotopic (exact) mass is 380 g/mol. The van der Waals surface area contributed by atoms with Gasteiger partial charge in [-0.05, 0) is 57.2 Å². The maximum Gasteiger partial charge on any atom is 0.407 e. The summed E-state index contributed by atoms with van der Waals surface area (Å²) in [4.78, 5) is 25.9. The van der Waals surface area contributed by atoms with Crippen molar-refractivity contribution >= 4 is 12.0 Å². The van der Waals surface area contributed by atoms with Crippen LogP contribution in [0.2, 0.25) is 0 Å². The first-order valence-electron chi connectivity index (χ1n) is 9.56. The van der Waals surface area contributed by atoms with E-state index < -0.39 is 11.7 Å². The van der Waals surface area contributed by atoms with Crippen LogP contribution in [0.15, 0.2) is 24.3 Å². The summed E-state index contributed by atoms with van der Waals surface area (Å²) in [5, 5.41) is 2.72. The molecule has 0 saturated heterocycles. The lowest BCUT2D eigenvalue weighted by Crippen LogP contribution is -2.34. The molecule has 0 bridgehead atoms. The van der Waals surface area contributed by atoms with Crippen molar-refractivity contribution < 1.29 is 18.7 Å². The second-order valence-corrected chi connectivity index (χ2v) is 8.18. The smallest absolute Gasteiger partial charge is 0.407 e. The normalized spacial score (nSPS) is 11.4. The number of carbonyl (C=O) groups is 2. The van der Waals surface area contributed by atoms with Gasteiger partial charge in [-0.2, -0.15) is 0 Å². The Bertz CT molecular complexity index is 594. The zero-order chi connectivity index (χ0) is 20.4. The molecule has 0 aliphatic heterocycles. The van der Waals surface area contributed by atoms with E-state index in [-0.39, 0.29) is 17.6 Å². The Kier molecular flexibility index (Phi) is 9.26. The van der Waals surface area contributed by atoms with Crippen LogP contribution in [0.1, 0.15) is 59.4 Å². The van der Waals surface area contributed by atoms with Gasteiger partial charge in [0.05, 0.1) is 0 Å². The lowest BCUT2D eigenvalue weighted by Gasteiger charge is -2.24. The maximum atomic E-state index is 13.1. The van der Waals surface area contributed by atoms with Gasteiger partial charge in [-0.3, -0.25) is 4.79 Å². The molecule has 0 radical (unpaired) electrons. The molecule has 0 heterocycles. The summed E-state index contributed by atoms with van der Waals surface area (Å²) in [5.41, 5.74) is 0.389. The fourth-order valence-corrected chi connectivity index (χ4v) is 2.51. The molecule has 0 aromatic heterocycles. The van der Waals surface area contributed by atoms with Crippen LogP contribution in [0.25, 0.3) is 0 Å². The third-order valence-corrected chi connectivity index (χ3v) is 3.75. The highest BCUT2D eigenvalue weighted by molar-refractivity contribution is 5.76. The van der Waals surface area contributed by atoms with Crippen LogP contribution in [-0.4, -0.2) is 35.6 Å². The van der Waals surface area contributed by atoms with E-state index in [1.54, 1.807) is 17.0 Å². The highest BCUT2D eigenvalue weighted by Crippen LogP contribution is 2.12. The van der Waals surface area contributed by atoms with Crippen molar-refractivity contribution in [3.05, 3.63) is 35.6 Å². The van der Waals surface area contributed by atoms with Crippen molar-refractivity contribution in [2.45, 2.75) is 66.0 Å². The minimum Gasteiger partial charge on any atom is -0.444 e. The fraction of sp³-hybridized carbons (Fsp3) is 0.619. The molecule has 2 amide bonds. The van der Waals surface area contributed by atoms with Gasteiger partial charge in [-0.15, -0.1) is 0 Å². The number of nitrogens with one attached hydrogen (secondary N) is 1. The van der Waals surface area contributed by atoms with Gasteiger partial charge >= 0.3 is 6.09 Å². The predicted octanol–water partition coefficient (Wildman–Crippen LogP) is 4.51. The number of rotatable bonds is 9. The molecule has 6 heteroatoms. The topological polar surface area (TPSA) is 58.6 Å². The molecular formula is C21H33FN2O3. The summed E-state index contributed by atoms with van der Waals surface area (Å²) in [6, 6.07) is 6.22. The Hall–Kier alpha value is -2.11. The Balaban J connectivity index is 2.48. The minimum atomic E-state index is -0.515. The average molecular weight is 381 g/mol. The van der Waals surface area contributed by atoms with Gasteiger partial charge in [0.15, 0.2) is 0 Å². The molecule has 1 aromatic rings. The third kappa shape index (κ3) is 10.6. The van der Waals surface area contributed by atoms with Crippen molar-refractivity contribution in [1.29, 1.82) is 0 Å². The first-order chi connectivity index (χ1) is 12.6. The molecule has 0 aliphatic rings. The number of benzene rings is 1. The van der Waals surface area contributed by atoms with Crippen molar-refractivity contribution in [3.63, 3.8) is 0 Å². The lowest BCUT2D eigenvalue weighted by atomic mass is 10.1. The zero-order valence-corrected chi connectivity index (χ0v) is 17.2. The number of halogens is 1. The van der Waals surface area contributed by atoms with Gasteiger partial charge in [0.25, 0.3) is 0 Å². The van der Waals surface area contributed by atoms with Crippen LogP contribution in [-0.2, 0) is 16.1 Å². The molecule has 1 rings (SSSR count). The van der Waals surface area contributed by atoms with Crippen molar-refractivity contribution in [2.75, 3.05) is 13.1 Å². The first kappa shape index (κ1) is 22.9. The third-order valence-electron chi connectivity index (χ3n) is 3.75. The van der Waals surface area contributed by atoms with E-state index in [1.165, 1.54) is 12.1 Å². The minimum absolute atomic E-state index is 0.0921. The number of nitrogens with zero attached hydrogens (tertiary/aromatic N) is 1. The average Bonchev–Trinajstić information content (AvgIpc) is 2.53. The van der Waals surface area contributed by atoms with Gasteiger partial charge in [-0.25, -0.2) is 9.18 Å². The van der Waals surface area contributed by atoms with Gasteiger partial charge in [-0.1, -0.05) is 26.0 Å². The number of carbonyl (C=O) groups excluding carboxylic acids is 2. The summed E-state index contributed by atoms with van der Waals surface area (Å²) in [5.74, 6) is 0.0866. The first-order valence-corrected chi connectivity index (χ1v) is 9.56. The Morgan fingerprint density at radius 3 is 2.33 bits per heavy atom. The standard InChI is InChI=1S/C21H33FN2O3/c1-16(2)14-19(25)24(15-17-8-10-18(22)11-9-17)13-7-6-12-23-20(26)27-21(3,4)5/h8-11,16H,6-7,12-15H2,1-5H3,(H,23,26). The summed E-state index contributed by atoms with van der Waals surface area (Å²) >= 11 is 0. The van der Waals surface area contributed by atoms with E-state index in [9.17, 15) is 14.0 Å². The molecular weight excluding hydrogens is 347 g/mol. The Labute approximate surface area is 162 Å². The molecule has 0 saturated carbocycles. The molecule has 0 fully saturated rings. The van der Waals surface area contributed by atoms with Crippen LogP contribution in [0, 0.1) is 11.7 Å². The molecule has 0 aliphatic carbocycles. The molecule has 0 unspecified atom stereocenters. The molecule has 5 nitrogen and oxygen atoms in total. The fourth-order valence-electron chi connectivity index (χ4n) is 2.51. The van der Waals surface area contributed by atoms with E-state index >= 15 is 0 Å². The van der Waals surface area contributed by atoms with Gasteiger partial charge in [0, 0.05) is 26.1 Å². The highest BCUT2D eigenvalue weighted by atomic mass is 19.1. The van der Waals surface area contributed by atoms with Gasteiger partial charge in [0.1, 0.15) is 11.4 Å². The van der Waals surface area contributed by atoms with Gasteiger partial charge in [0.2, 0.25) is 5.91 Å². The van der Waals surface area contributed by atoms with Crippen LogP contribution >= 0.6 is 0 Å². The molecule has 152 valence electrons. The summed E-state index contributed by atoms with van der Waals surface area (Å²) in [7, 11) is 0. The Morgan fingerprint density at radius 1 is 1.15 bits per heavy atom.